The van der Waals surface area contributed by atoms with E-state index in [1.54, 1.807) is 11.0 Å². The Hall–Kier alpha value is -3.34. The fraction of sp³-hybridized carbons (Fsp3) is 0.474. The average molecular weight is 474 g/mol. The first kappa shape index (κ1) is 22.8. The highest BCUT2D eigenvalue weighted by Gasteiger charge is 2.61. The molecule has 1 saturated heterocycles. The molecule has 0 aromatic carbocycles. The normalized spacial score (nSPS) is 22.0. The molecule has 0 spiro atoms. The van der Waals surface area contributed by atoms with E-state index >= 15 is 0 Å². The number of piperidine rings is 1. The maximum absolute atomic E-state index is 13.7. The van der Waals surface area contributed by atoms with E-state index in [0.717, 1.165) is 0 Å². The van der Waals surface area contributed by atoms with Crippen LogP contribution in [0.25, 0.3) is 0 Å². The highest BCUT2D eigenvalue weighted by atomic mass is 19.4. The summed E-state index contributed by atoms with van der Waals surface area (Å²) in [6.07, 6.45) is -9.87. The number of hydrogen-bond acceptors (Lipinski definition) is 6. The molecule has 1 atom stereocenters. The third-order valence-electron chi connectivity index (χ3n) is 5.87. The molecule has 4 heterocycles. The first-order chi connectivity index (χ1) is 15.3. The molecule has 0 radical (unpaired) electrons. The number of fused-ring (bicyclic) bond motifs is 1. The van der Waals surface area contributed by atoms with E-state index in [0.29, 0.717) is 12.3 Å². The van der Waals surface area contributed by atoms with Crippen LogP contribution >= 0.6 is 0 Å². The molecule has 0 saturated carbocycles. The topological polar surface area (TPSA) is 118 Å². The highest BCUT2D eigenvalue weighted by Crippen LogP contribution is 2.50. The number of carbonyl (C=O) groups excluding carboxylic acids is 1. The summed E-state index contributed by atoms with van der Waals surface area (Å²) < 4.78 is 79.7. The largest absolute Gasteiger partial charge is 0.422 e. The monoisotopic (exact) mass is 474 g/mol. The lowest BCUT2D eigenvalue weighted by molar-refractivity contribution is -0.267. The van der Waals surface area contributed by atoms with Gasteiger partial charge in [-0.1, -0.05) is 0 Å². The molecular formula is C19H16F6N6O2. The van der Waals surface area contributed by atoms with Crippen LogP contribution in [-0.2, 0) is 16.6 Å². The van der Waals surface area contributed by atoms with Crippen LogP contribution in [0, 0.1) is 11.3 Å². The minimum Gasteiger partial charge on any atom is -0.376 e. The second kappa shape index (κ2) is 7.62. The number of rotatable bonds is 2. The van der Waals surface area contributed by atoms with Crippen molar-refractivity contribution in [2.75, 3.05) is 23.3 Å². The Labute approximate surface area is 182 Å². The Morgan fingerprint density at radius 3 is 2.45 bits per heavy atom. The summed E-state index contributed by atoms with van der Waals surface area (Å²) in [6.45, 7) is 0.366. The molecule has 0 aliphatic carbocycles. The smallest absolute Gasteiger partial charge is 0.376 e. The molecule has 3 N–H and O–H groups in total. The lowest BCUT2D eigenvalue weighted by Crippen LogP contribution is -2.49. The number of pyridine rings is 1. The van der Waals surface area contributed by atoms with Gasteiger partial charge in [-0.3, -0.25) is 9.89 Å². The SMILES string of the molecule is N#Cc1cc(C(F)(F)F)cnc1N1CCC(c2[nH]nc3c2C(O)(C(F)(F)F)CC(=O)N3)CC1. The van der Waals surface area contributed by atoms with Crippen molar-refractivity contribution in [3.63, 3.8) is 0 Å². The van der Waals surface area contributed by atoms with Gasteiger partial charge in [0.25, 0.3) is 0 Å². The zero-order valence-corrected chi connectivity index (χ0v) is 16.7. The van der Waals surface area contributed by atoms with Gasteiger partial charge in [0.1, 0.15) is 11.9 Å². The molecule has 1 amide bonds. The number of H-pyrrole nitrogens is 1. The molecule has 8 nitrogen and oxygen atoms in total. The van der Waals surface area contributed by atoms with Crippen LogP contribution in [0.15, 0.2) is 12.3 Å². The van der Waals surface area contributed by atoms with E-state index < -0.39 is 47.3 Å². The Balaban J connectivity index is 1.59. The summed E-state index contributed by atoms with van der Waals surface area (Å²) in [5, 5.41) is 28.1. The molecule has 1 fully saturated rings. The van der Waals surface area contributed by atoms with Crippen molar-refractivity contribution in [1.82, 2.24) is 15.2 Å². The van der Waals surface area contributed by atoms with Crippen molar-refractivity contribution in [2.45, 2.75) is 43.1 Å². The number of carbonyl (C=O) groups is 1. The molecule has 0 bridgehead atoms. The van der Waals surface area contributed by atoms with E-state index in [1.165, 1.54) is 0 Å². The summed E-state index contributed by atoms with van der Waals surface area (Å²) in [6, 6.07) is 2.40. The van der Waals surface area contributed by atoms with E-state index in [-0.39, 0.29) is 48.8 Å². The van der Waals surface area contributed by atoms with Crippen molar-refractivity contribution >= 4 is 17.5 Å². The zero-order chi connectivity index (χ0) is 24.2. The van der Waals surface area contributed by atoms with Crippen molar-refractivity contribution in [3.8, 4) is 6.07 Å². The van der Waals surface area contributed by atoms with Crippen LogP contribution in [0.4, 0.5) is 38.0 Å². The van der Waals surface area contributed by atoms with Crippen molar-refractivity contribution in [2.24, 2.45) is 0 Å². The summed E-state index contributed by atoms with van der Waals surface area (Å²) in [7, 11) is 0. The number of aromatic amines is 1. The van der Waals surface area contributed by atoms with E-state index in [4.69, 9.17) is 0 Å². The molecule has 2 aromatic heterocycles. The number of nitrogens with one attached hydrogen (secondary N) is 2. The fourth-order valence-corrected chi connectivity index (χ4v) is 4.23. The minimum absolute atomic E-state index is 0.0327. The van der Waals surface area contributed by atoms with Crippen molar-refractivity contribution < 1.29 is 36.2 Å². The Bertz CT molecular complexity index is 1130. The Morgan fingerprint density at radius 2 is 1.88 bits per heavy atom. The van der Waals surface area contributed by atoms with Crippen LogP contribution in [-0.4, -0.2) is 45.5 Å². The molecule has 2 aliphatic rings. The Morgan fingerprint density at radius 1 is 1.21 bits per heavy atom. The molecule has 4 rings (SSSR count). The zero-order valence-electron chi connectivity index (χ0n) is 16.7. The summed E-state index contributed by atoms with van der Waals surface area (Å²) in [5.41, 5.74) is -5.22. The van der Waals surface area contributed by atoms with Crippen LogP contribution in [0.2, 0.25) is 0 Å². The van der Waals surface area contributed by atoms with Gasteiger partial charge in [-0.25, -0.2) is 4.98 Å². The standard InChI is InChI=1S/C19H16F6N6O2/c20-18(21,22)11-5-10(7-26)16(27-8-11)31-3-1-9(2-4-31)14-13-15(30-29-14)28-12(32)6-17(13,33)19(23,24)25/h5,8-9,33H,1-4,6H2,(H2,28,29,30,32). The molecule has 176 valence electrons. The minimum atomic E-state index is -5.12. The first-order valence-corrected chi connectivity index (χ1v) is 9.75. The lowest BCUT2D eigenvalue weighted by atomic mass is 9.81. The predicted molar refractivity (Wildman–Crippen MR) is 99.9 cm³/mol. The highest BCUT2D eigenvalue weighted by molar-refractivity contribution is 5.94. The summed E-state index contributed by atoms with van der Waals surface area (Å²) in [5.74, 6) is -1.87. The number of alkyl halides is 6. The maximum atomic E-state index is 13.7. The van der Waals surface area contributed by atoms with Gasteiger partial charge in [0, 0.05) is 30.9 Å². The maximum Gasteiger partial charge on any atom is 0.422 e. The molecule has 2 aliphatic heterocycles. The molecule has 1 unspecified atom stereocenters. The predicted octanol–water partition coefficient (Wildman–Crippen LogP) is 3.17. The fourth-order valence-electron chi connectivity index (χ4n) is 4.23. The first-order valence-electron chi connectivity index (χ1n) is 9.75. The number of amides is 1. The summed E-state index contributed by atoms with van der Waals surface area (Å²) >= 11 is 0. The van der Waals surface area contributed by atoms with Crippen molar-refractivity contribution in [1.29, 1.82) is 5.26 Å². The van der Waals surface area contributed by atoms with Gasteiger partial charge in [-0.2, -0.15) is 36.7 Å². The second-order valence-electron chi connectivity index (χ2n) is 7.91. The van der Waals surface area contributed by atoms with Crippen molar-refractivity contribution in [3.05, 3.63) is 34.6 Å². The van der Waals surface area contributed by atoms with Gasteiger partial charge in [0.15, 0.2) is 11.4 Å². The molecule has 14 heteroatoms. The van der Waals surface area contributed by atoms with Gasteiger partial charge in [-0.05, 0) is 18.9 Å². The number of aliphatic hydroxyl groups is 1. The number of nitrogens with zero attached hydrogens (tertiary/aromatic N) is 4. The quantitative estimate of drug-likeness (QED) is 0.576. The lowest BCUT2D eigenvalue weighted by Gasteiger charge is -2.37. The van der Waals surface area contributed by atoms with Gasteiger partial charge in [0.05, 0.1) is 23.1 Å². The van der Waals surface area contributed by atoms with E-state index in [9.17, 15) is 41.5 Å². The van der Waals surface area contributed by atoms with Gasteiger partial charge in [-0.15, -0.1) is 0 Å². The van der Waals surface area contributed by atoms with Crippen LogP contribution in [0.5, 0.6) is 0 Å². The molecule has 2 aromatic rings. The Kier molecular flexibility index (Phi) is 5.27. The van der Waals surface area contributed by atoms with Crippen LogP contribution in [0.3, 0.4) is 0 Å². The van der Waals surface area contributed by atoms with E-state index in [2.05, 4.69) is 20.5 Å². The van der Waals surface area contributed by atoms with Gasteiger partial charge >= 0.3 is 12.4 Å². The number of aromatic nitrogens is 3. The van der Waals surface area contributed by atoms with E-state index in [1.807, 2.05) is 0 Å². The third kappa shape index (κ3) is 3.86. The van der Waals surface area contributed by atoms with Crippen LogP contribution < -0.4 is 10.2 Å². The molecule has 33 heavy (non-hydrogen) atoms. The molecular weight excluding hydrogens is 458 g/mol. The summed E-state index contributed by atoms with van der Waals surface area (Å²) in [4.78, 5) is 17.1. The van der Waals surface area contributed by atoms with Gasteiger partial charge < -0.3 is 15.3 Å². The number of halogens is 6. The second-order valence-corrected chi connectivity index (χ2v) is 7.91. The van der Waals surface area contributed by atoms with Gasteiger partial charge in [0.2, 0.25) is 5.91 Å². The number of anilines is 2. The number of nitriles is 1. The third-order valence-corrected chi connectivity index (χ3v) is 5.87. The number of hydrogen-bond donors (Lipinski definition) is 3. The van der Waals surface area contributed by atoms with Crippen LogP contribution in [0.1, 0.15) is 47.6 Å². The average Bonchev–Trinajstić information content (AvgIpc) is 3.16.